The SMILES string of the molecule is Nc1ccc(F)c(C(=O)c2ccc3c(c2)C(=O)NCC3)c1. The monoisotopic (exact) mass is 284 g/mol. The summed E-state index contributed by atoms with van der Waals surface area (Å²) in [6, 6.07) is 8.72. The third kappa shape index (κ3) is 2.38. The van der Waals surface area contributed by atoms with Crippen molar-refractivity contribution >= 4 is 17.4 Å². The van der Waals surface area contributed by atoms with Crippen molar-refractivity contribution in [1.82, 2.24) is 5.32 Å². The number of rotatable bonds is 2. The van der Waals surface area contributed by atoms with Gasteiger partial charge in [-0.3, -0.25) is 9.59 Å². The maximum absolute atomic E-state index is 13.8. The van der Waals surface area contributed by atoms with Gasteiger partial charge in [-0.1, -0.05) is 12.1 Å². The summed E-state index contributed by atoms with van der Waals surface area (Å²) in [7, 11) is 0. The fourth-order valence-electron chi connectivity index (χ4n) is 2.43. The van der Waals surface area contributed by atoms with Gasteiger partial charge in [0.1, 0.15) is 5.82 Å². The van der Waals surface area contributed by atoms with Crippen molar-refractivity contribution in [3.05, 3.63) is 64.5 Å². The van der Waals surface area contributed by atoms with E-state index >= 15 is 0 Å². The van der Waals surface area contributed by atoms with E-state index in [-0.39, 0.29) is 17.0 Å². The minimum absolute atomic E-state index is 0.0915. The van der Waals surface area contributed by atoms with Gasteiger partial charge < -0.3 is 11.1 Å². The second kappa shape index (κ2) is 5.01. The van der Waals surface area contributed by atoms with E-state index in [2.05, 4.69) is 5.32 Å². The van der Waals surface area contributed by atoms with E-state index in [1.54, 1.807) is 12.1 Å². The summed E-state index contributed by atoms with van der Waals surface area (Å²) in [5.74, 6) is -1.32. The predicted molar refractivity (Wildman–Crippen MR) is 76.7 cm³/mol. The highest BCUT2D eigenvalue weighted by Gasteiger charge is 2.20. The molecule has 1 heterocycles. The van der Waals surface area contributed by atoms with E-state index in [0.29, 0.717) is 17.8 Å². The van der Waals surface area contributed by atoms with Gasteiger partial charge in [-0.05, 0) is 36.2 Å². The summed E-state index contributed by atoms with van der Waals surface area (Å²) < 4.78 is 13.8. The number of amides is 1. The van der Waals surface area contributed by atoms with Crippen LogP contribution in [0.5, 0.6) is 0 Å². The molecule has 0 atom stereocenters. The number of ketones is 1. The zero-order valence-electron chi connectivity index (χ0n) is 11.2. The first kappa shape index (κ1) is 13.3. The smallest absolute Gasteiger partial charge is 0.251 e. The highest BCUT2D eigenvalue weighted by Crippen LogP contribution is 2.21. The number of anilines is 1. The lowest BCUT2D eigenvalue weighted by atomic mass is 9.94. The Morgan fingerprint density at radius 2 is 2.00 bits per heavy atom. The highest BCUT2D eigenvalue weighted by atomic mass is 19.1. The number of nitrogens with two attached hydrogens (primary N) is 1. The molecule has 3 N–H and O–H groups in total. The lowest BCUT2D eigenvalue weighted by molar-refractivity contribution is 0.0946. The van der Waals surface area contributed by atoms with Crippen molar-refractivity contribution in [2.45, 2.75) is 6.42 Å². The Balaban J connectivity index is 2.04. The molecule has 1 aliphatic rings. The minimum Gasteiger partial charge on any atom is -0.399 e. The Bertz CT molecular complexity index is 756. The lowest BCUT2D eigenvalue weighted by Gasteiger charge is -2.17. The molecular weight excluding hydrogens is 271 g/mol. The summed E-state index contributed by atoms with van der Waals surface area (Å²) in [5, 5.41) is 2.72. The molecule has 3 rings (SSSR count). The van der Waals surface area contributed by atoms with Gasteiger partial charge in [0.25, 0.3) is 5.91 Å². The van der Waals surface area contributed by atoms with Crippen molar-refractivity contribution in [2.75, 3.05) is 12.3 Å². The molecule has 0 aliphatic carbocycles. The van der Waals surface area contributed by atoms with Gasteiger partial charge in [-0.25, -0.2) is 4.39 Å². The Kier molecular flexibility index (Phi) is 3.17. The Labute approximate surface area is 120 Å². The van der Waals surface area contributed by atoms with E-state index in [1.165, 1.54) is 18.2 Å². The van der Waals surface area contributed by atoms with Gasteiger partial charge in [0.05, 0.1) is 5.56 Å². The van der Waals surface area contributed by atoms with Crippen LogP contribution in [0.25, 0.3) is 0 Å². The molecule has 0 aromatic heterocycles. The van der Waals surface area contributed by atoms with Crippen LogP contribution in [-0.4, -0.2) is 18.2 Å². The normalized spacial score (nSPS) is 13.5. The number of carbonyl (C=O) groups excluding carboxylic acids is 2. The molecule has 0 unspecified atom stereocenters. The molecule has 0 bridgehead atoms. The van der Waals surface area contributed by atoms with Gasteiger partial charge in [-0.2, -0.15) is 0 Å². The van der Waals surface area contributed by atoms with Crippen LogP contribution in [-0.2, 0) is 6.42 Å². The molecular formula is C16H13FN2O2. The molecule has 21 heavy (non-hydrogen) atoms. The van der Waals surface area contributed by atoms with E-state index in [0.717, 1.165) is 18.1 Å². The molecule has 0 spiro atoms. The largest absolute Gasteiger partial charge is 0.399 e. The molecule has 2 aromatic rings. The highest BCUT2D eigenvalue weighted by molar-refractivity contribution is 6.11. The van der Waals surface area contributed by atoms with Crippen molar-refractivity contribution in [3.63, 3.8) is 0 Å². The first-order valence-corrected chi connectivity index (χ1v) is 6.57. The fourth-order valence-corrected chi connectivity index (χ4v) is 2.43. The van der Waals surface area contributed by atoms with Gasteiger partial charge in [0.2, 0.25) is 0 Å². The fraction of sp³-hybridized carbons (Fsp3) is 0.125. The number of halogens is 1. The number of benzene rings is 2. The van der Waals surface area contributed by atoms with E-state index < -0.39 is 11.6 Å². The molecule has 0 radical (unpaired) electrons. The number of carbonyl (C=O) groups is 2. The minimum atomic E-state index is -0.628. The molecule has 0 fully saturated rings. The first-order valence-electron chi connectivity index (χ1n) is 6.57. The zero-order chi connectivity index (χ0) is 15.0. The maximum atomic E-state index is 13.8. The standard InChI is InChI=1S/C16H13FN2O2/c17-14-4-3-11(18)8-13(14)15(20)10-2-1-9-5-6-19-16(21)12(9)7-10/h1-4,7-8H,5-6,18H2,(H,19,21). The van der Waals surface area contributed by atoms with Gasteiger partial charge in [0.15, 0.2) is 5.78 Å². The van der Waals surface area contributed by atoms with E-state index in [9.17, 15) is 14.0 Å². The third-order valence-corrected chi connectivity index (χ3v) is 3.53. The van der Waals surface area contributed by atoms with Crippen LogP contribution in [0.4, 0.5) is 10.1 Å². The van der Waals surface area contributed by atoms with Crippen LogP contribution < -0.4 is 11.1 Å². The van der Waals surface area contributed by atoms with Crippen LogP contribution in [0.3, 0.4) is 0 Å². The second-order valence-electron chi connectivity index (χ2n) is 4.95. The van der Waals surface area contributed by atoms with E-state index in [4.69, 9.17) is 5.73 Å². The summed E-state index contributed by atoms with van der Waals surface area (Å²) in [6.07, 6.45) is 0.724. The number of hydrogen-bond donors (Lipinski definition) is 2. The van der Waals surface area contributed by atoms with Gasteiger partial charge >= 0.3 is 0 Å². The average molecular weight is 284 g/mol. The quantitative estimate of drug-likeness (QED) is 0.653. The van der Waals surface area contributed by atoms with Crippen LogP contribution in [0.15, 0.2) is 36.4 Å². The lowest BCUT2D eigenvalue weighted by Crippen LogP contribution is -2.32. The first-order chi connectivity index (χ1) is 10.1. The molecule has 5 heteroatoms. The molecule has 106 valence electrons. The molecule has 0 saturated carbocycles. The second-order valence-corrected chi connectivity index (χ2v) is 4.95. The molecule has 1 amide bonds. The summed E-state index contributed by atoms with van der Waals surface area (Å²) in [5.41, 5.74) is 7.45. The molecule has 1 aliphatic heterocycles. The molecule has 4 nitrogen and oxygen atoms in total. The number of fused-ring (bicyclic) bond motifs is 1. The Morgan fingerprint density at radius 3 is 2.81 bits per heavy atom. The van der Waals surface area contributed by atoms with E-state index in [1.807, 2.05) is 0 Å². The van der Waals surface area contributed by atoms with Crippen LogP contribution in [0, 0.1) is 5.82 Å². The van der Waals surface area contributed by atoms with Crippen molar-refractivity contribution in [2.24, 2.45) is 0 Å². The van der Waals surface area contributed by atoms with Crippen LogP contribution >= 0.6 is 0 Å². The van der Waals surface area contributed by atoms with Crippen LogP contribution in [0.2, 0.25) is 0 Å². The summed E-state index contributed by atoms with van der Waals surface area (Å²) in [6.45, 7) is 0.586. The van der Waals surface area contributed by atoms with Crippen molar-refractivity contribution in [1.29, 1.82) is 0 Å². The van der Waals surface area contributed by atoms with Crippen molar-refractivity contribution in [3.8, 4) is 0 Å². The van der Waals surface area contributed by atoms with Crippen molar-refractivity contribution < 1.29 is 14.0 Å². The predicted octanol–water partition coefficient (Wildman–Crippen LogP) is 1.92. The Hall–Kier alpha value is -2.69. The van der Waals surface area contributed by atoms with Gasteiger partial charge in [-0.15, -0.1) is 0 Å². The average Bonchev–Trinajstić information content (AvgIpc) is 2.49. The molecule has 2 aromatic carbocycles. The maximum Gasteiger partial charge on any atom is 0.251 e. The number of hydrogen-bond acceptors (Lipinski definition) is 3. The number of nitrogen functional groups attached to an aromatic ring is 1. The zero-order valence-corrected chi connectivity index (χ0v) is 11.2. The summed E-state index contributed by atoms with van der Waals surface area (Å²) in [4.78, 5) is 24.2. The third-order valence-electron chi connectivity index (χ3n) is 3.53. The number of nitrogens with one attached hydrogen (secondary N) is 1. The molecule has 0 saturated heterocycles. The summed E-state index contributed by atoms with van der Waals surface area (Å²) >= 11 is 0. The Morgan fingerprint density at radius 1 is 1.19 bits per heavy atom. The van der Waals surface area contributed by atoms with Crippen LogP contribution in [0.1, 0.15) is 31.8 Å². The topological polar surface area (TPSA) is 72.2 Å². The van der Waals surface area contributed by atoms with Gasteiger partial charge in [0, 0.05) is 23.4 Å².